The van der Waals surface area contributed by atoms with Crippen LogP contribution >= 0.6 is 0 Å². The minimum absolute atomic E-state index is 0.0814. The van der Waals surface area contributed by atoms with E-state index >= 15 is 0 Å². The maximum absolute atomic E-state index is 14.4. The summed E-state index contributed by atoms with van der Waals surface area (Å²) in [6.45, 7) is 8.30. The van der Waals surface area contributed by atoms with Gasteiger partial charge >= 0.3 is 0 Å². The van der Waals surface area contributed by atoms with E-state index in [2.05, 4.69) is 16.8 Å². The SMILES string of the molecule is C[C@H]1[C@H]2C(=C(O)c3c(ccc(-c4cccc(CN5CCN(C)CC5)c4)c3O)[C@@H]2C)C(=O)[C@]2(O)C(O)=C(C(N)=O)C(=O)[C@@H](N(C)C)[C@H]12. The van der Waals surface area contributed by atoms with Gasteiger partial charge in [-0.1, -0.05) is 44.2 Å². The topological polar surface area (TPSA) is 168 Å². The second-order valence-electron chi connectivity index (χ2n) is 13.6. The molecule has 0 spiro atoms. The number of aromatic hydroxyl groups is 1. The number of benzene rings is 2. The number of likely N-dealkylation sites (N-methyl/N-ethyl adjacent to an activating group) is 2. The van der Waals surface area contributed by atoms with Gasteiger partial charge < -0.3 is 31.1 Å². The summed E-state index contributed by atoms with van der Waals surface area (Å²) < 4.78 is 0. The van der Waals surface area contributed by atoms with Gasteiger partial charge in [-0.25, -0.2) is 0 Å². The number of hydrogen-bond acceptors (Lipinski definition) is 10. The van der Waals surface area contributed by atoms with Crippen molar-refractivity contribution >= 4 is 23.2 Å². The molecule has 11 nitrogen and oxygen atoms in total. The number of amides is 1. The molecule has 1 saturated carbocycles. The molecule has 6 rings (SSSR count). The van der Waals surface area contributed by atoms with E-state index in [0.717, 1.165) is 43.9 Å². The van der Waals surface area contributed by atoms with Crippen LogP contribution in [0.4, 0.5) is 0 Å². The van der Waals surface area contributed by atoms with Crippen molar-refractivity contribution in [1.82, 2.24) is 14.7 Å². The average molecular weight is 631 g/mol. The molecule has 2 aromatic carbocycles. The number of phenols is 1. The minimum Gasteiger partial charge on any atom is -0.508 e. The second kappa shape index (κ2) is 11.3. The molecule has 6 atom stereocenters. The standard InChI is InChI=1S/C35H42N4O7/c1-17-21-9-10-22(20-8-6-7-19(15-20)16-39-13-11-38(5)12-14-39)29(40)24(21)30(41)25-23(17)18(2)27-28(37(3)4)31(42)26(34(36)45)33(44)35(27,46)32(25)43/h6-10,15,17-18,23,27-28,40-41,44,46H,11-14,16H2,1-5H3,(H2,36,45)/t17-,18-,23-,27-,28-,35-/m0/s1. The zero-order chi connectivity index (χ0) is 33.4. The van der Waals surface area contributed by atoms with Gasteiger partial charge in [-0.2, -0.15) is 0 Å². The molecule has 2 fully saturated rings. The lowest BCUT2D eigenvalue weighted by atomic mass is 9.51. The Labute approximate surface area is 268 Å². The zero-order valence-electron chi connectivity index (χ0n) is 26.8. The molecule has 1 amide bonds. The Balaban J connectivity index is 1.46. The van der Waals surface area contributed by atoms with Gasteiger partial charge in [0, 0.05) is 55.7 Å². The number of hydrogen-bond donors (Lipinski definition) is 5. The number of rotatable bonds is 5. The van der Waals surface area contributed by atoms with E-state index in [1.54, 1.807) is 21.0 Å². The van der Waals surface area contributed by atoms with Crippen LogP contribution in [0.15, 0.2) is 53.3 Å². The number of carbonyl (C=O) groups excluding carboxylic acids is 3. The van der Waals surface area contributed by atoms with Crippen LogP contribution in [0.1, 0.15) is 36.5 Å². The number of nitrogens with zero attached hydrogens (tertiary/aromatic N) is 3. The fraction of sp³-hybridized carbons (Fsp3) is 0.457. The van der Waals surface area contributed by atoms with Crippen LogP contribution in [0.2, 0.25) is 0 Å². The van der Waals surface area contributed by atoms with E-state index in [-0.39, 0.29) is 16.9 Å². The molecule has 6 N–H and O–H groups in total. The lowest BCUT2D eigenvalue weighted by molar-refractivity contribution is -0.160. The van der Waals surface area contributed by atoms with E-state index in [9.17, 15) is 34.8 Å². The number of primary amides is 1. The normalized spacial score (nSPS) is 30.4. The minimum atomic E-state index is -2.70. The summed E-state index contributed by atoms with van der Waals surface area (Å²) in [5.41, 5.74) is 4.76. The Morgan fingerprint density at radius 1 is 1.04 bits per heavy atom. The number of nitrogens with two attached hydrogens (primary N) is 1. The van der Waals surface area contributed by atoms with Crippen molar-refractivity contribution in [2.45, 2.75) is 38.0 Å². The smallest absolute Gasteiger partial charge is 0.255 e. The summed E-state index contributed by atoms with van der Waals surface area (Å²) in [4.78, 5) is 46.3. The third-order valence-corrected chi connectivity index (χ3v) is 10.8. The molecule has 244 valence electrons. The molecule has 3 aliphatic carbocycles. The molecular weight excluding hydrogens is 588 g/mol. The summed E-state index contributed by atoms with van der Waals surface area (Å²) in [5, 5.41) is 46.8. The molecule has 0 aromatic heterocycles. The maximum Gasteiger partial charge on any atom is 0.255 e. The monoisotopic (exact) mass is 630 g/mol. The maximum atomic E-state index is 14.4. The van der Waals surface area contributed by atoms with Crippen LogP contribution in [0, 0.1) is 17.8 Å². The van der Waals surface area contributed by atoms with E-state index in [4.69, 9.17) is 5.73 Å². The average Bonchev–Trinajstić information content (AvgIpc) is 3.00. The molecule has 46 heavy (non-hydrogen) atoms. The quantitative estimate of drug-likeness (QED) is 0.309. The van der Waals surface area contributed by atoms with Gasteiger partial charge in [0.25, 0.3) is 5.91 Å². The highest BCUT2D eigenvalue weighted by Crippen LogP contribution is 2.59. The van der Waals surface area contributed by atoms with Crippen LogP contribution in [0.25, 0.3) is 16.9 Å². The van der Waals surface area contributed by atoms with Crippen LogP contribution in [0.3, 0.4) is 0 Å². The fourth-order valence-corrected chi connectivity index (χ4v) is 8.44. The Kier molecular flexibility index (Phi) is 7.87. The van der Waals surface area contributed by atoms with Crippen molar-refractivity contribution in [1.29, 1.82) is 0 Å². The van der Waals surface area contributed by atoms with Crippen molar-refractivity contribution in [3.63, 3.8) is 0 Å². The molecule has 2 aromatic rings. The summed E-state index contributed by atoms with van der Waals surface area (Å²) in [5.74, 6) is -7.74. The summed E-state index contributed by atoms with van der Waals surface area (Å²) in [7, 11) is 5.28. The lowest BCUT2D eigenvalue weighted by Crippen LogP contribution is -2.68. The highest BCUT2D eigenvalue weighted by atomic mass is 16.3. The van der Waals surface area contributed by atoms with Crippen molar-refractivity contribution in [3.05, 3.63) is 70.0 Å². The van der Waals surface area contributed by atoms with Gasteiger partial charge in [-0.05, 0) is 55.7 Å². The first-order valence-corrected chi connectivity index (χ1v) is 15.7. The Hall–Kier alpha value is -4.03. The largest absolute Gasteiger partial charge is 0.508 e. The predicted molar refractivity (Wildman–Crippen MR) is 172 cm³/mol. The van der Waals surface area contributed by atoms with E-state index < -0.39 is 69.9 Å². The van der Waals surface area contributed by atoms with Gasteiger partial charge in [0.2, 0.25) is 5.78 Å². The molecule has 11 heteroatoms. The summed E-state index contributed by atoms with van der Waals surface area (Å²) in [6.07, 6.45) is 0. The molecule has 1 heterocycles. The van der Waals surface area contributed by atoms with E-state index in [0.29, 0.717) is 11.1 Å². The van der Waals surface area contributed by atoms with Crippen LogP contribution in [0.5, 0.6) is 5.75 Å². The number of aliphatic hydroxyl groups excluding tert-OH is 2. The number of ketones is 2. The molecule has 4 aliphatic rings. The second-order valence-corrected chi connectivity index (χ2v) is 13.6. The van der Waals surface area contributed by atoms with Gasteiger partial charge in [0.1, 0.15) is 22.8 Å². The molecule has 0 radical (unpaired) electrons. The van der Waals surface area contributed by atoms with Crippen LogP contribution in [-0.2, 0) is 20.9 Å². The number of aliphatic hydroxyl groups is 3. The molecule has 0 unspecified atom stereocenters. The van der Waals surface area contributed by atoms with Crippen molar-refractivity contribution in [2.24, 2.45) is 23.5 Å². The van der Waals surface area contributed by atoms with Gasteiger partial charge in [0.15, 0.2) is 11.4 Å². The van der Waals surface area contributed by atoms with Gasteiger partial charge in [-0.3, -0.25) is 24.2 Å². The Morgan fingerprint density at radius 3 is 2.35 bits per heavy atom. The van der Waals surface area contributed by atoms with Gasteiger partial charge in [0.05, 0.1) is 11.6 Å². The van der Waals surface area contributed by atoms with Crippen molar-refractivity contribution in [2.75, 3.05) is 47.3 Å². The molecule has 0 bridgehead atoms. The number of fused-ring (bicyclic) bond motifs is 3. The highest BCUT2D eigenvalue weighted by Gasteiger charge is 2.67. The third kappa shape index (κ3) is 4.59. The molecule has 1 aliphatic heterocycles. The van der Waals surface area contributed by atoms with E-state index in [1.165, 1.54) is 4.90 Å². The van der Waals surface area contributed by atoms with E-state index in [1.807, 2.05) is 43.3 Å². The number of phenolic OH excluding ortho intramolecular Hbond substituents is 1. The molecule has 1 saturated heterocycles. The van der Waals surface area contributed by atoms with Gasteiger partial charge in [-0.15, -0.1) is 0 Å². The number of piperazine rings is 1. The Morgan fingerprint density at radius 2 is 1.72 bits per heavy atom. The number of Topliss-reactive ketones (excluding diaryl/α,β-unsaturated/α-hetero) is 2. The third-order valence-electron chi connectivity index (χ3n) is 10.8. The van der Waals surface area contributed by atoms with Crippen LogP contribution < -0.4 is 5.73 Å². The summed E-state index contributed by atoms with van der Waals surface area (Å²) >= 11 is 0. The highest BCUT2D eigenvalue weighted by molar-refractivity contribution is 6.24. The van der Waals surface area contributed by atoms with Crippen LogP contribution in [-0.4, -0.2) is 112 Å². The van der Waals surface area contributed by atoms with Crippen molar-refractivity contribution in [3.8, 4) is 16.9 Å². The first kappa shape index (κ1) is 31.9. The lowest BCUT2D eigenvalue weighted by Gasteiger charge is -2.54. The first-order chi connectivity index (χ1) is 21.7. The van der Waals surface area contributed by atoms with Crippen molar-refractivity contribution < 1.29 is 34.8 Å². The number of carbonyl (C=O) groups is 3. The summed E-state index contributed by atoms with van der Waals surface area (Å²) in [6, 6.07) is 10.4. The zero-order valence-corrected chi connectivity index (χ0v) is 26.8. The Bertz CT molecular complexity index is 1710. The fourth-order valence-electron chi connectivity index (χ4n) is 8.44. The first-order valence-electron chi connectivity index (χ1n) is 15.7. The molecular formula is C35H42N4O7. The predicted octanol–water partition coefficient (Wildman–Crippen LogP) is 2.19.